The first-order valence-corrected chi connectivity index (χ1v) is 7.23. The predicted octanol–water partition coefficient (Wildman–Crippen LogP) is 3.73. The molecule has 0 fully saturated rings. The minimum atomic E-state index is -0.226. The molecule has 3 rings (SSSR count). The van der Waals surface area contributed by atoms with Crippen LogP contribution in [0.4, 0.5) is 0 Å². The van der Waals surface area contributed by atoms with Crippen molar-refractivity contribution in [1.82, 2.24) is 4.98 Å². The van der Waals surface area contributed by atoms with E-state index >= 15 is 0 Å². The maximum atomic E-state index is 8.99. The second kappa shape index (κ2) is 9.45. The lowest BCUT2D eigenvalue weighted by Crippen LogP contribution is -2.26. The van der Waals surface area contributed by atoms with Gasteiger partial charge in [0, 0.05) is 17.6 Å². The van der Waals surface area contributed by atoms with Gasteiger partial charge in [0.25, 0.3) is 0 Å². The molecule has 128 valence electrons. The normalized spacial score (nSPS) is 11.2. The summed E-state index contributed by atoms with van der Waals surface area (Å²) in [4.78, 5) is 4.32. The third kappa shape index (κ3) is 4.82. The highest BCUT2D eigenvalue weighted by Gasteiger charge is 2.05. The average molecular weight is 367 g/mol. The van der Waals surface area contributed by atoms with Gasteiger partial charge in [0.15, 0.2) is 0 Å². The molecule has 24 heavy (non-hydrogen) atoms. The molecule has 0 saturated carbocycles. The summed E-state index contributed by atoms with van der Waals surface area (Å²) in [5.41, 5.74) is 7.73. The van der Waals surface area contributed by atoms with Crippen molar-refractivity contribution in [2.24, 2.45) is 5.73 Å². The van der Waals surface area contributed by atoms with Crippen LogP contribution in [-0.4, -0.2) is 22.7 Å². The Morgan fingerprint density at radius 1 is 1.00 bits per heavy atom. The quantitative estimate of drug-likeness (QED) is 0.721. The van der Waals surface area contributed by atoms with Gasteiger partial charge < -0.3 is 15.6 Å². The number of aromatic nitrogens is 1. The number of aliphatic hydroxyl groups excluding tert-OH is 1. The first-order chi connectivity index (χ1) is 10.8. The molecule has 0 aliphatic rings. The highest BCUT2D eigenvalue weighted by atomic mass is 35.5. The number of benzene rings is 2. The molecule has 4 nitrogen and oxygen atoms in total. The van der Waals surface area contributed by atoms with E-state index in [0.717, 1.165) is 28.0 Å². The standard InChI is InChI=1S/C18H18N2O2.2ClH/c19-14(12-21)11-13-5-7-15(8-6-13)22-18-9-10-20-17-4-2-1-3-16(17)18;;/h1-10,14,21H,11-12,19H2;2*1H/t14-;;/m0../s1. The predicted molar refractivity (Wildman–Crippen MR) is 102 cm³/mol. The second-order valence-corrected chi connectivity index (χ2v) is 5.22. The van der Waals surface area contributed by atoms with E-state index in [9.17, 15) is 0 Å². The third-order valence-electron chi connectivity index (χ3n) is 3.49. The number of hydrogen-bond acceptors (Lipinski definition) is 4. The van der Waals surface area contributed by atoms with Gasteiger partial charge in [-0.15, -0.1) is 24.8 Å². The molecule has 0 bridgehead atoms. The molecule has 2 aromatic carbocycles. The summed E-state index contributed by atoms with van der Waals surface area (Å²) in [6, 6.07) is 17.3. The zero-order valence-electron chi connectivity index (χ0n) is 13.0. The Morgan fingerprint density at radius 2 is 1.71 bits per heavy atom. The van der Waals surface area contributed by atoms with Gasteiger partial charge in [-0.3, -0.25) is 4.98 Å². The Labute approximate surface area is 153 Å². The van der Waals surface area contributed by atoms with Crippen LogP contribution in [0.15, 0.2) is 60.8 Å². The second-order valence-electron chi connectivity index (χ2n) is 5.22. The van der Waals surface area contributed by atoms with E-state index in [1.807, 2.05) is 54.6 Å². The molecule has 3 aromatic rings. The summed E-state index contributed by atoms with van der Waals surface area (Å²) < 4.78 is 5.96. The molecular weight excluding hydrogens is 347 g/mol. The summed E-state index contributed by atoms with van der Waals surface area (Å²) >= 11 is 0. The van der Waals surface area contributed by atoms with Gasteiger partial charge in [0.1, 0.15) is 11.5 Å². The van der Waals surface area contributed by atoms with Crippen molar-refractivity contribution in [3.63, 3.8) is 0 Å². The minimum absolute atomic E-state index is 0. The zero-order valence-corrected chi connectivity index (χ0v) is 14.6. The lowest BCUT2D eigenvalue weighted by Gasteiger charge is -2.10. The number of rotatable bonds is 5. The summed E-state index contributed by atoms with van der Waals surface area (Å²) in [5, 5.41) is 9.97. The Morgan fingerprint density at radius 3 is 2.42 bits per heavy atom. The lowest BCUT2D eigenvalue weighted by molar-refractivity contribution is 0.265. The van der Waals surface area contributed by atoms with Crippen molar-refractivity contribution < 1.29 is 9.84 Å². The van der Waals surface area contributed by atoms with Crippen molar-refractivity contribution in [3.8, 4) is 11.5 Å². The number of fused-ring (bicyclic) bond motifs is 1. The number of nitrogens with zero attached hydrogens (tertiary/aromatic N) is 1. The molecule has 0 aliphatic heterocycles. The van der Waals surface area contributed by atoms with Crippen LogP contribution in [0, 0.1) is 0 Å². The Balaban J connectivity index is 0.00000144. The molecule has 0 amide bonds. The SMILES string of the molecule is Cl.Cl.N[C@H](CO)Cc1ccc(Oc2ccnc3ccccc23)cc1. The van der Waals surface area contributed by atoms with E-state index < -0.39 is 0 Å². The fourth-order valence-electron chi connectivity index (χ4n) is 2.35. The largest absolute Gasteiger partial charge is 0.457 e. The summed E-state index contributed by atoms with van der Waals surface area (Å²) in [6.07, 6.45) is 2.39. The minimum Gasteiger partial charge on any atom is -0.457 e. The summed E-state index contributed by atoms with van der Waals surface area (Å²) in [7, 11) is 0. The Kier molecular flexibility index (Phi) is 7.95. The number of halogens is 2. The Bertz CT molecular complexity index is 761. The summed E-state index contributed by atoms with van der Waals surface area (Å²) in [6.45, 7) is -0.0126. The molecule has 0 saturated heterocycles. The van der Waals surface area contributed by atoms with Crippen molar-refractivity contribution in [3.05, 3.63) is 66.4 Å². The van der Waals surface area contributed by atoms with Crippen LogP contribution in [0.3, 0.4) is 0 Å². The fourth-order valence-corrected chi connectivity index (χ4v) is 2.35. The van der Waals surface area contributed by atoms with Crippen LogP contribution in [0.2, 0.25) is 0 Å². The van der Waals surface area contributed by atoms with E-state index in [1.54, 1.807) is 6.20 Å². The molecular formula is C18H20Cl2N2O2. The molecule has 1 heterocycles. The zero-order chi connectivity index (χ0) is 15.4. The first-order valence-electron chi connectivity index (χ1n) is 7.23. The van der Waals surface area contributed by atoms with Gasteiger partial charge in [-0.2, -0.15) is 0 Å². The maximum absolute atomic E-state index is 8.99. The van der Waals surface area contributed by atoms with Crippen molar-refractivity contribution in [2.75, 3.05) is 6.61 Å². The molecule has 0 unspecified atom stereocenters. The van der Waals surface area contributed by atoms with Gasteiger partial charge >= 0.3 is 0 Å². The maximum Gasteiger partial charge on any atom is 0.138 e. The van der Waals surface area contributed by atoms with Gasteiger partial charge in [-0.1, -0.05) is 24.3 Å². The average Bonchev–Trinajstić information content (AvgIpc) is 2.57. The molecule has 3 N–H and O–H groups in total. The van der Waals surface area contributed by atoms with Crippen LogP contribution in [0.1, 0.15) is 5.56 Å². The van der Waals surface area contributed by atoms with E-state index in [-0.39, 0.29) is 37.5 Å². The highest BCUT2D eigenvalue weighted by Crippen LogP contribution is 2.28. The van der Waals surface area contributed by atoms with Gasteiger partial charge in [-0.05, 0) is 42.3 Å². The van der Waals surface area contributed by atoms with Crippen molar-refractivity contribution >= 4 is 35.7 Å². The van der Waals surface area contributed by atoms with E-state index in [4.69, 9.17) is 15.6 Å². The molecule has 6 heteroatoms. The van der Waals surface area contributed by atoms with Crippen LogP contribution in [0.5, 0.6) is 11.5 Å². The van der Waals surface area contributed by atoms with E-state index in [0.29, 0.717) is 6.42 Å². The number of ether oxygens (including phenoxy) is 1. The smallest absolute Gasteiger partial charge is 0.138 e. The van der Waals surface area contributed by atoms with Gasteiger partial charge in [0.2, 0.25) is 0 Å². The van der Waals surface area contributed by atoms with Crippen molar-refractivity contribution in [1.29, 1.82) is 0 Å². The number of nitrogens with two attached hydrogens (primary N) is 1. The number of aliphatic hydroxyl groups is 1. The number of hydrogen-bond donors (Lipinski definition) is 2. The van der Waals surface area contributed by atoms with Gasteiger partial charge in [0.05, 0.1) is 12.1 Å². The summed E-state index contributed by atoms with van der Waals surface area (Å²) in [5.74, 6) is 1.54. The van der Waals surface area contributed by atoms with Crippen LogP contribution in [-0.2, 0) is 6.42 Å². The highest BCUT2D eigenvalue weighted by molar-refractivity contribution is 5.86. The lowest BCUT2D eigenvalue weighted by atomic mass is 10.1. The van der Waals surface area contributed by atoms with Crippen LogP contribution >= 0.6 is 24.8 Å². The molecule has 0 aliphatic carbocycles. The third-order valence-corrected chi connectivity index (χ3v) is 3.49. The molecule has 1 aromatic heterocycles. The monoisotopic (exact) mass is 366 g/mol. The topological polar surface area (TPSA) is 68.4 Å². The van der Waals surface area contributed by atoms with E-state index in [1.165, 1.54) is 0 Å². The first kappa shape index (κ1) is 20.2. The van der Waals surface area contributed by atoms with Crippen LogP contribution in [0.25, 0.3) is 10.9 Å². The van der Waals surface area contributed by atoms with Crippen LogP contribution < -0.4 is 10.5 Å². The molecule has 0 spiro atoms. The van der Waals surface area contributed by atoms with E-state index in [2.05, 4.69) is 4.98 Å². The fraction of sp³-hybridized carbons (Fsp3) is 0.167. The van der Waals surface area contributed by atoms with Gasteiger partial charge in [-0.25, -0.2) is 0 Å². The molecule has 1 atom stereocenters. The number of para-hydroxylation sites is 1. The van der Waals surface area contributed by atoms with Crippen molar-refractivity contribution in [2.45, 2.75) is 12.5 Å². The Hall–Kier alpha value is -1.85. The molecule has 0 radical (unpaired) electrons. The number of pyridine rings is 1.